The van der Waals surface area contributed by atoms with E-state index in [1.165, 1.54) is 16.9 Å². The van der Waals surface area contributed by atoms with Gasteiger partial charge in [-0.2, -0.15) is 0 Å². The van der Waals surface area contributed by atoms with Crippen LogP contribution in [0.4, 0.5) is 5.69 Å². The molecule has 0 spiro atoms. The second-order valence-electron chi connectivity index (χ2n) is 5.34. The topological polar surface area (TPSA) is 55.4 Å². The summed E-state index contributed by atoms with van der Waals surface area (Å²) in [6.07, 6.45) is 1.13. The van der Waals surface area contributed by atoms with Crippen LogP contribution in [-0.2, 0) is 16.0 Å². The maximum Gasteiger partial charge on any atom is 0.349 e. The highest BCUT2D eigenvalue weighted by Gasteiger charge is 2.21. The number of nitrogens with one attached hydrogen (secondary N) is 1. The predicted molar refractivity (Wildman–Crippen MR) is 93.0 cm³/mol. The van der Waals surface area contributed by atoms with Crippen LogP contribution in [-0.4, -0.2) is 18.0 Å². The van der Waals surface area contributed by atoms with Crippen molar-refractivity contribution in [2.45, 2.75) is 39.7 Å². The van der Waals surface area contributed by atoms with Gasteiger partial charge in [0.25, 0.3) is 5.91 Å². The van der Waals surface area contributed by atoms with Crippen LogP contribution >= 0.6 is 11.3 Å². The molecule has 4 nitrogen and oxygen atoms in total. The number of aryl methyl sites for hydroxylation is 2. The van der Waals surface area contributed by atoms with Gasteiger partial charge in [-0.25, -0.2) is 4.79 Å². The molecule has 1 heterocycles. The Kier molecular flexibility index (Phi) is 5.93. The number of amides is 1. The molecule has 0 radical (unpaired) electrons. The van der Waals surface area contributed by atoms with Gasteiger partial charge < -0.3 is 10.1 Å². The van der Waals surface area contributed by atoms with Crippen molar-refractivity contribution in [2.24, 2.45) is 0 Å². The summed E-state index contributed by atoms with van der Waals surface area (Å²) >= 11 is 1.41. The van der Waals surface area contributed by atoms with E-state index in [0.29, 0.717) is 10.6 Å². The number of thiophene rings is 1. The molecule has 0 aliphatic carbocycles. The molecule has 1 atom stereocenters. The van der Waals surface area contributed by atoms with Crippen molar-refractivity contribution in [2.75, 3.05) is 5.32 Å². The Hall–Kier alpha value is -2.14. The van der Waals surface area contributed by atoms with Crippen LogP contribution in [0, 0.1) is 6.92 Å². The summed E-state index contributed by atoms with van der Waals surface area (Å²) in [5.74, 6) is -0.789. The number of hydrogen-bond acceptors (Lipinski definition) is 4. The first-order chi connectivity index (χ1) is 11.0. The molecule has 23 heavy (non-hydrogen) atoms. The number of hydrogen-bond donors (Lipinski definition) is 1. The van der Waals surface area contributed by atoms with Gasteiger partial charge in [0.2, 0.25) is 0 Å². The molecule has 122 valence electrons. The highest BCUT2D eigenvalue weighted by Crippen LogP contribution is 2.24. The molecule has 1 amide bonds. The third-order valence-electron chi connectivity index (χ3n) is 3.44. The highest BCUT2D eigenvalue weighted by atomic mass is 32.1. The second-order valence-corrected chi connectivity index (χ2v) is 6.60. The molecule has 1 N–H and O–H groups in total. The van der Waals surface area contributed by atoms with Crippen LogP contribution in [0.3, 0.4) is 0 Å². The van der Waals surface area contributed by atoms with Crippen LogP contribution in [0.15, 0.2) is 36.4 Å². The van der Waals surface area contributed by atoms with E-state index in [4.69, 9.17) is 4.74 Å². The van der Waals surface area contributed by atoms with Gasteiger partial charge >= 0.3 is 5.97 Å². The Morgan fingerprint density at radius 1 is 1.26 bits per heavy atom. The van der Waals surface area contributed by atoms with Crippen LogP contribution in [0.1, 0.15) is 40.4 Å². The Balaban J connectivity index is 1.96. The minimum Gasteiger partial charge on any atom is -0.448 e. The molecule has 0 bridgehead atoms. The number of ether oxygens (including phenoxy) is 1. The minimum atomic E-state index is -0.847. The molecule has 1 aromatic carbocycles. The lowest BCUT2D eigenvalue weighted by Gasteiger charge is -2.12. The number of benzene rings is 1. The zero-order valence-electron chi connectivity index (χ0n) is 13.6. The van der Waals surface area contributed by atoms with E-state index in [0.717, 1.165) is 17.7 Å². The Bertz CT molecular complexity index is 679. The SMILES string of the molecule is CCCc1cc(C(=O)O[C@@H](C)C(=O)Nc2ccccc2)sc1C. The van der Waals surface area contributed by atoms with Crippen molar-refractivity contribution in [1.82, 2.24) is 0 Å². The number of anilines is 1. The highest BCUT2D eigenvalue weighted by molar-refractivity contribution is 7.14. The molecular weight excluding hydrogens is 310 g/mol. The number of carbonyl (C=O) groups is 2. The van der Waals surface area contributed by atoms with E-state index in [1.807, 2.05) is 31.2 Å². The van der Waals surface area contributed by atoms with Crippen molar-refractivity contribution in [3.05, 3.63) is 51.7 Å². The van der Waals surface area contributed by atoms with E-state index >= 15 is 0 Å². The number of rotatable bonds is 6. The van der Waals surface area contributed by atoms with Gasteiger partial charge in [-0.15, -0.1) is 11.3 Å². The maximum atomic E-state index is 12.2. The van der Waals surface area contributed by atoms with Crippen LogP contribution in [0.2, 0.25) is 0 Å². The summed E-state index contributed by atoms with van der Waals surface area (Å²) in [6, 6.07) is 11.0. The molecule has 0 aliphatic rings. The first-order valence-corrected chi connectivity index (χ1v) is 8.49. The van der Waals surface area contributed by atoms with E-state index in [-0.39, 0.29) is 5.91 Å². The summed E-state index contributed by atoms with van der Waals surface area (Å²) in [5, 5.41) is 2.72. The molecule has 0 aliphatic heterocycles. The number of esters is 1. The van der Waals surface area contributed by atoms with Gasteiger partial charge in [0.1, 0.15) is 4.88 Å². The Morgan fingerprint density at radius 2 is 1.96 bits per heavy atom. The normalized spacial score (nSPS) is 11.8. The lowest BCUT2D eigenvalue weighted by molar-refractivity contribution is -0.123. The lowest BCUT2D eigenvalue weighted by Crippen LogP contribution is -2.29. The smallest absolute Gasteiger partial charge is 0.349 e. The fraction of sp³-hybridized carbons (Fsp3) is 0.333. The van der Waals surface area contributed by atoms with E-state index in [1.54, 1.807) is 19.1 Å². The fourth-order valence-electron chi connectivity index (χ4n) is 2.18. The van der Waals surface area contributed by atoms with Gasteiger partial charge in [0, 0.05) is 10.6 Å². The van der Waals surface area contributed by atoms with Crippen molar-refractivity contribution in [3.8, 4) is 0 Å². The van der Waals surface area contributed by atoms with Crippen molar-refractivity contribution >= 4 is 28.9 Å². The van der Waals surface area contributed by atoms with Gasteiger partial charge in [0.15, 0.2) is 6.10 Å². The number of carbonyl (C=O) groups excluding carboxylic acids is 2. The standard InChI is InChI=1S/C18H21NO3S/c1-4-8-14-11-16(23-13(14)3)18(21)22-12(2)17(20)19-15-9-6-5-7-10-15/h5-7,9-12H,4,8H2,1-3H3,(H,19,20)/t12-/m0/s1. The Labute approximate surface area is 140 Å². The molecule has 0 saturated carbocycles. The third-order valence-corrected chi connectivity index (χ3v) is 4.51. The predicted octanol–water partition coefficient (Wildman–Crippen LogP) is 4.19. The molecule has 0 fully saturated rings. The zero-order chi connectivity index (χ0) is 16.8. The second kappa shape index (κ2) is 7.92. The average molecular weight is 331 g/mol. The molecule has 2 aromatic rings. The van der Waals surface area contributed by atoms with E-state index < -0.39 is 12.1 Å². The van der Waals surface area contributed by atoms with Crippen molar-refractivity contribution in [1.29, 1.82) is 0 Å². The van der Waals surface area contributed by atoms with E-state index in [2.05, 4.69) is 12.2 Å². The monoisotopic (exact) mass is 331 g/mol. The quantitative estimate of drug-likeness (QED) is 0.807. The van der Waals surface area contributed by atoms with Crippen molar-refractivity contribution < 1.29 is 14.3 Å². The molecule has 0 saturated heterocycles. The minimum absolute atomic E-state index is 0.341. The summed E-state index contributed by atoms with van der Waals surface area (Å²) in [7, 11) is 0. The Morgan fingerprint density at radius 3 is 2.61 bits per heavy atom. The first-order valence-electron chi connectivity index (χ1n) is 7.67. The van der Waals surface area contributed by atoms with Gasteiger partial charge in [-0.3, -0.25) is 4.79 Å². The summed E-state index contributed by atoms with van der Waals surface area (Å²) in [4.78, 5) is 25.9. The molecule has 2 rings (SSSR count). The number of para-hydroxylation sites is 1. The molecule has 1 aromatic heterocycles. The zero-order valence-corrected chi connectivity index (χ0v) is 14.4. The van der Waals surface area contributed by atoms with Crippen LogP contribution < -0.4 is 5.32 Å². The van der Waals surface area contributed by atoms with Crippen LogP contribution in [0.5, 0.6) is 0 Å². The maximum absolute atomic E-state index is 12.2. The fourth-order valence-corrected chi connectivity index (χ4v) is 3.13. The van der Waals surface area contributed by atoms with E-state index in [9.17, 15) is 9.59 Å². The van der Waals surface area contributed by atoms with Gasteiger partial charge in [-0.1, -0.05) is 31.5 Å². The summed E-state index contributed by atoms with van der Waals surface area (Å²) < 4.78 is 5.28. The third kappa shape index (κ3) is 4.66. The van der Waals surface area contributed by atoms with Crippen LogP contribution in [0.25, 0.3) is 0 Å². The summed E-state index contributed by atoms with van der Waals surface area (Å²) in [5.41, 5.74) is 1.85. The first kappa shape index (κ1) is 17.2. The molecule has 0 unspecified atom stereocenters. The average Bonchev–Trinajstić information content (AvgIpc) is 2.90. The summed E-state index contributed by atoms with van der Waals surface area (Å²) in [6.45, 7) is 5.67. The van der Waals surface area contributed by atoms with Gasteiger partial charge in [0.05, 0.1) is 0 Å². The van der Waals surface area contributed by atoms with Gasteiger partial charge in [-0.05, 0) is 44.0 Å². The van der Waals surface area contributed by atoms with Crippen molar-refractivity contribution in [3.63, 3.8) is 0 Å². The molecule has 5 heteroatoms. The molecular formula is C18H21NO3S. The largest absolute Gasteiger partial charge is 0.448 e. The lowest BCUT2D eigenvalue weighted by atomic mass is 10.1.